The number of benzene rings is 2. The van der Waals surface area contributed by atoms with E-state index in [-0.39, 0.29) is 29.9 Å². The number of piperidine rings is 1. The fraction of sp³-hybridized carbons (Fsp3) is 0.417. The van der Waals surface area contributed by atoms with Crippen molar-refractivity contribution in [3.8, 4) is 5.75 Å². The molecule has 0 aromatic heterocycles. The lowest BCUT2D eigenvalue weighted by atomic mass is 9.93. The van der Waals surface area contributed by atoms with E-state index in [0.717, 1.165) is 43.2 Å². The van der Waals surface area contributed by atoms with Crippen LogP contribution in [0.3, 0.4) is 0 Å². The van der Waals surface area contributed by atoms with Gasteiger partial charge < -0.3 is 20.3 Å². The number of carbonyl (C=O) groups excluding carboxylic acids is 1. The minimum atomic E-state index is 0. The van der Waals surface area contributed by atoms with Gasteiger partial charge in [-0.25, -0.2) is 0 Å². The molecule has 0 atom stereocenters. The summed E-state index contributed by atoms with van der Waals surface area (Å²) in [5.74, 6) is 2.37. The van der Waals surface area contributed by atoms with Crippen LogP contribution in [0, 0.1) is 5.92 Å². The summed E-state index contributed by atoms with van der Waals surface area (Å²) in [6, 6.07) is 18.3. The van der Waals surface area contributed by atoms with E-state index in [1.54, 1.807) is 7.05 Å². The zero-order valence-corrected chi connectivity index (χ0v) is 20.7. The molecule has 1 fully saturated rings. The summed E-state index contributed by atoms with van der Waals surface area (Å²) in [4.78, 5) is 18.3. The van der Waals surface area contributed by atoms with Gasteiger partial charge in [0, 0.05) is 40.2 Å². The molecule has 0 saturated carbocycles. The van der Waals surface area contributed by atoms with Gasteiger partial charge in [0.05, 0.1) is 0 Å². The van der Waals surface area contributed by atoms with Crippen LogP contribution in [0.1, 0.15) is 30.4 Å². The molecule has 7 heteroatoms. The number of guanidine groups is 1. The molecule has 3 rings (SSSR count). The molecular weight excluding hydrogens is 503 g/mol. The largest absolute Gasteiger partial charge is 0.489 e. The van der Waals surface area contributed by atoms with Gasteiger partial charge in [-0.2, -0.15) is 0 Å². The zero-order valence-electron chi connectivity index (χ0n) is 18.3. The number of nitrogens with zero attached hydrogens (tertiary/aromatic N) is 2. The number of rotatable bonds is 7. The predicted octanol–water partition coefficient (Wildman–Crippen LogP) is 3.81. The van der Waals surface area contributed by atoms with Gasteiger partial charge in [-0.1, -0.05) is 42.5 Å². The van der Waals surface area contributed by atoms with Crippen LogP contribution in [0.2, 0.25) is 0 Å². The van der Waals surface area contributed by atoms with Crippen molar-refractivity contribution in [1.82, 2.24) is 15.5 Å². The summed E-state index contributed by atoms with van der Waals surface area (Å²) >= 11 is 0. The van der Waals surface area contributed by atoms with Crippen molar-refractivity contribution < 1.29 is 9.53 Å². The predicted molar refractivity (Wildman–Crippen MR) is 136 cm³/mol. The lowest BCUT2D eigenvalue weighted by molar-refractivity contribution is -0.121. The lowest BCUT2D eigenvalue weighted by Crippen LogP contribution is -2.45. The maximum atomic E-state index is 11.6. The number of halogens is 1. The Morgan fingerprint density at radius 1 is 1.06 bits per heavy atom. The van der Waals surface area contributed by atoms with Crippen molar-refractivity contribution in [2.24, 2.45) is 10.9 Å². The molecule has 1 aliphatic heterocycles. The first kappa shape index (κ1) is 25.0. The van der Waals surface area contributed by atoms with E-state index in [4.69, 9.17) is 4.74 Å². The Hall–Kier alpha value is -2.29. The Balaban J connectivity index is 0.00000341. The molecule has 1 aliphatic rings. The van der Waals surface area contributed by atoms with E-state index < -0.39 is 0 Å². The number of hydrogen-bond donors (Lipinski definition) is 2. The van der Waals surface area contributed by atoms with Crippen molar-refractivity contribution >= 4 is 35.8 Å². The van der Waals surface area contributed by atoms with Crippen LogP contribution in [0.5, 0.6) is 5.75 Å². The van der Waals surface area contributed by atoms with Crippen molar-refractivity contribution in [3.63, 3.8) is 0 Å². The standard InChI is InChI=1S/C24H32N4O2.HI/c1-25-23(29)16-19-12-14-28(15-13-19)24(26-2)27-17-20-8-10-22(11-9-20)30-18-21-6-4-3-5-7-21;/h3-11,19H,12-18H2,1-2H3,(H,25,29)(H,26,27);1H. The summed E-state index contributed by atoms with van der Waals surface area (Å²) in [5.41, 5.74) is 2.34. The van der Waals surface area contributed by atoms with E-state index in [1.165, 1.54) is 5.56 Å². The third kappa shape index (κ3) is 8.05. The number of amides is 1. The highest BCUT2D eigenvalue weighted by Crippen LogP contribution is 2.20. The second-order valence-electron chi connectivity index (χ2n) is 7.63. The smallest absolute Gasteiger partial charge is 0.220 e. The summed E-state index contributed by atoms with van der Waals surface area (Å²) in [6.45, 7) is 3.13. The Morgan fingerprint density at radius 2 is 1.74 bits per heavy atom. The molecule has 2 N–H and O–H groups in total. The van der Waals surface area contributed by atoms with Crippen LogP contribution in [-0.2, 0) is 17.9 Å². The normalized spacial score (nSPS) is 14.5. The van der Waals surface area contributed by atoms with Crippen molar-refractivity contribution in [1.29, 1.82) is 0 Å². The highest BCUT2D eigenvalue weighted by molar-refractivity contribution is 14.0. The average Bonchev–Trinajstić information content (AvgIpc) is 2.80. The second-order valence-corrected chi connectivity index (χ2v) is 7.63. The molecule has 1 heterocycles. The highest BCUT2D eigenvalue weighted by Gasteiger charge is 2.22. The van der Waals surface area contributed by atoms with Gasteiger partial charge in [0.2, 0.25) is 5.91 Å². The average molecular weight is 536 g/mol. The maximum Gasteiger partial charge on any atom is 0.220 e. The van der Waals surface area contributed by atoms with Gasteiger partial charge in [-0.3, -0.25) is 9.79 Å². The quantitative estimate of drug-likeness (QED) is 0.321. The molecular formula is C24H33IN4O2. The number of aliphatic imine (C=N–C) groups is 1. The maximum absolute atomic E-state index is 11.6. The molecule has 0 unspecified atom stereocenters. The minimum absolute atomic E-state index is 0. The van der Waals surface area contributed by atoms with Crippen LogP contribution in [0.25, 0.3) is 0 Å². The third-order valence-corrected chi connectivity index (χ3v) is 5.50. The minimum Gasteiger partial charge on any atom is -0.489 e. The zero-order chi connectivity index (χ0) is 21.2. The first-order valence-electron chi connectivity index (χ1n) is 10.6. The first-order valence-corrected chi connectivity index (χ1v) is 10.6. The van der Waals surface area contributed by atoms with E-state index in [2.05, 4.69) is 44.8 Å². The highest BCUT2D eigenvalue weighted by atomic mass is 127. The van der Waals surface area contributed by atoms with Gasteiger partial charge in [0.15, 0.2) is 5.96 Å². The van der Waals surface area contributed by atoms with Gasteiger partial charge in [-0.05, 0) is 42.0 Å². The van der Waals surface area contributed by atoms with E-state index in [9.17, 15) is 4.79 Å². The fourth-order valence-electron chi connectivity index (χ4n) is 3.67. The Kier molecular flexibility index (Phi) is 10.6. The molecule has 0 radical (unpaired) electrons. The molecule has 1 amide bonds. The van der Waals surface area contributed by atoms with Crippen LogP contribution in [0.15, 0.2) is 59.6 Å². The topological polar surface area (TPSA) is 66.0 Å². The van der Waals surface area contributed by atoms with Gasteiger partial charge >= 0.3 is 0 Å². The van der Waals surface area contributed by atoms with E-state index >= 15 is 0 Å². The number of ether oxygens (including phenoxy) is 1. The lowest BCUT2D eigenvalue weighted by Gasteiger charge is -2.34. The Morgan fingerprint density at radius 3 is 2.35 bits per heavy atom. The Labute approximate surface area is 202 Å². The molecule has 168 valence electrons. The molecule has 0 spiro atoms. The van der Waals surface area contributed by atoms with Crippen LogP contribution >= 0.6 is 24.0 Å². The number of nitrogens with one attached hydrogen (secondary N) is 2. The molecule has 2 aromatic rings. The van der Waals surface area contributed by atoms with Crippen LogP contribution < -0.4 is 15.4 Å². The molecule has 0 bridgehead atoms. The SMILES string of the molecule is CN=C(NCc1ccc(OCc2ccccc2)cc1)N1CCC(CC(=O)NC)CC1.I. The Bertz CT molecular complexity index is 819. The van der Waals surface area contributed by atoms with Crippen molar-refractivity contribution in [2.75, 3.05) is 27.2 Å². The summed E-state index contributed by atoms with van der Waals surface area (Å²) < 4.78 is 5.85. The van der Waals surface area contributed by atoms with Crippen molar-refractivity contribution in [3.05, 3.63) is 65.7 Å². The fourth-order valence-corrected chi connectivity index (χ4v) is 3.67. The van der Waals surface area contributed by atoms with Gasteiger partial charge in [0.25, 0.3) is 0 Å². The monoisotopic (exact) mass is 536 g/mol. The number of likely N-dealkylation sites (tertiary alicyclic amines) is 1. The number of hydrogen-bond acceptors (Lipinski definition) is 3. The third-order valence-electron chi connectivity index (χ3n) is 5.50. The molecule has 0 aliphatic carbocycles. The van der Waals surface area contributed by atoms with E-state index in [0.29, 0.717) is 25.5 Å². The molecule has 31 heavy (non-hydrogen) atoms. The summed E-state index contributed by atoms with van der Waals surface area (Å²) in [5, 5.41) is 6.17. The van der Waals surface area contributed by atoms with Crippen molar-refractivity contribution in [2.45, 2.75) is 32.4 Å². The summed E-state index contributed by atoms with van der Waals surface area (Å²) in [7, 11) is 3.52. The second kappa shape index (κ2) is 13.2. The molecule has 2 aromatic carbocycles. The summed E-state index contributed by atoms with van der Waals surface area (Å²) in [6.07, 6.45) is 2.65. The molecule has 1 saturated heterocycles. The van der Waals surface area contributed by atoms with Crippen LogP contribution in [0.4, 0.5) is 0 Å². The van der Waals surface area contributed by atoms with E-state index in [1.807, 2.05) is 37.4 Å². The van der Waals surface area contributed by atoms with Gasteiger partial charge in [-0.15, -0.1) is 24.0 Å². The number of carbonyl (C=O) groups is 1. The molecule has 6 nitrogen and oxygen atoms in total. The first-order chi connectivity index (χ1) is 14.7. The van der Waals surface area contributed by atoms with Gasteiger partial charge in [0.1, 0.15) is 12.4 Å². The van der Waals surface area contributed by atoms with Crippen LogP contribution in [-0.4, -0.2) is 44.0 Å².